The van der Waals surface area contributed by atoms with Crippen molar-refractivity contribution in [2.24, 2.45) is 5.92 Å². The molecule has 0 bridgehead atoms. The number of carbonyl (C=O) groups is 3. The summed E-state index contributed by atoms with van der Waals surface area (Å²) in [5.74, 6) is -3.10. The van der Waals surface area contributed by atoms with Gasteiger partial charge in [-0.25, -0.2) is 4.79 Å². The topological polar surface area (TPSA) is 108 Å². The summed E-state index contributed by atoms with van der Waals surface area (Å²) in [7, 11) is 1.25. The van der Waals surface area contributed by atoms with Crippen LogP contribution >= 0.6 is 0 Å². The van der Waals surface area contributed by atoms with Crippen molar-refractivity contribution in [3.63, 3.8) is 0 Å². The van der Waals surface area contributed by atoms with Gasteiger partial charge in [-0.3, -0.25) is 9.59 Å². The molecule has 0 aromatic carbocycles. The van der Waals surface area contributed by atoms with E-state index in [1.165, 1.54) is 14.0 Å². The molecule has 8 heteroatoms. The van der Waals surface area contributed by atoms with E-state index < -0.39 is 41.6 Å². The van der Waals surface area contributed by atoms with Crippen LogP contribution in [0, 0.1) is 5.92 Å². The number of carboxylic acids is 1. The quantitative estimate of drug-likeness (QED) is 0.681. The second-order valence-corrected chi connectivity index (χ2v) is 5.44. The van der Waals surface area contributed by atoms with Crippen LogP contribution in [0.3, 0.4) is 0 Å². The first kappa shape index (κ1) is 19.4. The molecular formula is C15H24O8. The molecule has 1 saturated heterocycles. The van der Waals surface area contributed by atoms with Gasteiger partial charge in [-0.1, -0.05) is 13.8 Å². The Morgan fingerprint density at radius 3 is 1.83 bits per heavy atom. The predicted molar refractivity (Wildman–Crippen MR) is 77.7 cm³/mol. The van der Waals surface area contributed by atoms with Crippen LogP contribution < -0.4 is 0 Å². The first-order valence-electron chi connectivity index (χ1n) is 7.55. The maximum absolute atomic E-state index is 11.7. The van der Waals surface area contributed by atoms with E-state index in [0.29, 0.717) is 0 Å². The fourth-order valence-corrected chi connectivity index (χ4v) is 2.54. The Kier molecular flexibility index (Phi) is 6.96. The van der Waals surface area contributed by atoms with Gasteiger partial charge in [-0.2, -0.15) is 0 Å². The second-order valence-electron chi connectivity index (χ2n) is 5.44. The standard InChI is InChI=1S/C15H24O8/c1-5-11(16)22-9-7-21-8-10(23-12(17)6-2)13(9)15(3,20-4)14(18)19/h9-10,13H,5-8H2,1-4H3,(H,18,19)/t9-,10?,13?,15?/m1/s1. The maximum atomic E-state index is 11.7. The van der Waals surface area contributed by atoms with Crippen molar-refractivity contribution in [2.75, 3.05) is 20.3 Å². The summed E-state index contributed by atoms with van der Waals surface area (Å²) in [4.78, 5) is 35.0. The third-order valence-corrected chi connectivity index (χ3v) is 3.99. The van der Waals surface area contributed by atoms with Crippen LogP contribution in [0.2, 0.25) is 0 Å². The van der Waals surface area contributed by atoms with Gasteiger partial charge in [0.1, 0.15) is 12.2 Å². The summed E-state index contributed by atoms with van der Waals surface area (Å²) in [6, 6.07) is 0. The molecule has 1 N–H and O–H groups in total. The minimum absolute atomic E-state index is 0.0167. The molecule has 1 heterocycles. The van der Waals surface area contributed by atoms with Gasteiger partial charge in [0.25, 0.3) is 0 Å². The molecule has 0 amide bonds. The zero-order valence-corrected chi connectivity index (χ0v) is 13.9. The Balaban J connectivity index is 3.15. The van der Waals surface area contributed by atoms with Crippen LogP contribution in [0.1, 0.15) is 33.6 Å². The van der Waals surface area contributed by atoms with E-state index in [4.69, 9.17) is 18.9 Å². The maximum Gasteiger partial charge on any atom is 0.336 e. The van der Waals surface area contributed by atoms with Gasteiger partial charge in [-0.15, -0.1) is 0 Å². The van der Waals surface area contributed by atoms with E-state index in [2.05, 4.69) is 0 Å². The number of carboxylic acid groups (broad SMARTS) is 1. The molecule has 0 aromatic heterocycles. The molecule has 0 aliphatic carbocycles. The van der Waals surface area contributed by atoms with Crippen LogP contribution in [-0.2, 0) is 33.3 Å². The number of ether oxygens (including phenoxy) is 4. The van der Waals surface area contributed by atoms with Crippen LogP contribution in [0.4, 0.5) is 0 Å². The number of aliphatic carboxylic acids is 1. The molecule has 0 radical (unpaired) electrons. The van der Waals surface area contributed by atoms with Crippen molar-refractivity contribution >= 4 is 17.9 Å². The molecule has 3 unspecified atom stereocenters. The minimum Gasteiger partial charge on any atom is -0.479 e. The normalized spacial score (nSPS) is 26.9. The average molecular weight is 332 g/mol. The molecule has 0 saturated carbocycles. The van der Waals surface area contributed by atoms with Crippen LogP contribution in [-0.4, -0.2) is 61.1 Å². The number of hydrogen-bond acceptors (Lipinski definition) is 7. The van der Waals surface area contributed by atoms with E-state index in [0.717, 1.165) is 0 Å². The Bertz CT molecular complexity index is 423. The lowest BCUT2D eigenvalue weighted by Crippen LogP contribution is -2.60. The first-order valence-corrected chi connectivity index (χ1v) is 7.55. The number of hydrogen-bond donors (Lipinski definition) is 1. The lowest BCUT2D eigenvalue weighted by molar-refractivity contribution is -0.221. The van der Waals surface area contributed by atoms with Crippen molar-refractivity contribution in [1.29, 1.82) is 0 Å². The highest BCUT2D eigenvalue weighted by Crippen LogP contribution is 2.34. The molecule has 23 heavy (non-hydrogen) atoms. The van der Waals surface area contributed by atoms with E-state index >= 15 is 0 Å². The molecule has 0 spiro atoms. The number of carbonyl (C=O) groups excluding carboxylic acids is 2. The smallest absolute Gasteiger partial charge is 0.336 e. The molecule has 1 fully saturated rings. The summed E-state index contributed by atoms with van der Waals surface area (Å²) in [5.41, 5.74) is -1.69. The number of rotatable bonds is 7. The highest BCUT2D eigenvalue weighted by Gasteiger charge is 2.54. The number of methoxy groups -OCH3 is 1. The highest BCUT2D eigenvalue weighted by atomic mass is 16.6. The summed E-state index contributed by atoms with van der Waals surface area (Å²) in [5, 5.41) is 9.56. The molecule has 1 aliphatic heterocycles. The number of esters is 2. The van der Waals surface area contributed by atoms with Crippen LogP contribution in [0.15, 0.2) is 0 Å². The second kappa shape index (κ2) is 8.26. The van der Waals surface area contributed by atoms with Gasteiger partial charge in [-0.05, 0) is 6.92 Å². The fraction of sp³-hybridized carbons (Fsp3) is 0.800. The van der Waals surface area contributed by atoms with Gasteiger partial charge < -0.3 is 24.1 Å². The van der Waals surface area contributed by atoms with E-state index in [-0.39, 0.29) is 26.1 Å². The lowest BCUT2D eigenvalue weighted by atomic mass is 9.79. The van der Waals surface area contributed by atoms with Gasteiger partial charge in [0, 0.05) is 20.0 Å². The summed E-state index contributed by atoms with van der Waals surface area (Å²) < 4.78 is 21.1. The molecule has 4 atom stereocenters. The average Bonchev–Trinajstić information content (AvgIpc) is 2.53. The summed E-state index contributed by atoms with van der Waals surface area (Å²) in [6.07, 6.45) is -1.49. The van der Waals surface area contributed by atoms with E-state index in [1.54, 1.807) is 13.8 Å². The largest absolute Gasteiger partial charge is 0.479 e. The van der Waals surface area contributed by atoms with Crippen LogP contribution in [0.25, 0.3) is 0 Å². The lowest BCUT2D eigenvalue weighted by Gasteiger charge is -2.43. The Labute approximate surface area is 135 Å². The molecule has 1 rings (SSSR count). The van der Waals surface area contributed by atoms with Gasteiger partial charge in [0.2, 0.25) is 0 Å². The van der Waals surface area contributed by atoms with E-state index in [9.17, 15) is 19.5 Å². The van der Waals surface area contributed by atoms with Gasteiger partial charge in [0.05, 0.1) is 19.1 Å². The van der Waals surface area contributed by atoms with Crippen molar-refractivity contribution in [3.8, 4) is 0 Å². The van der Waals surface area contributed by atoms with Crippen molar-refractivity contribution < 1.29 is 38.4 Å². The first-order chi connectivity index (χ1) is 10.8. The fourth-order valence-electron chi connectivity index (χ4n) is 2.54. The third kappa shape index (κ3) is 4.42. The molecule has 0 aromatic rings. The Hall–Kier alpha value is -1.67. The molecule has 1 aliphatic rings. The minimum atomic E-state index is -1.69. The van der Waals surface area contributed by atoms with Gasteiger partial charge in [0.15, 0.2) is 5.60 Å². The zero-order valence-electron chi connectivity index (χ0n) is 13.9. The van der Waals surface area contributed by atoms with Crippen molar-refractivity contribution in [1.82, 2.24) is 0 Å². The highest BCUT2D eigenvalue weighted by molar-refractivity contribution is 5.78. The monoisotopic (exact) mass is 332 g/mol. The predicted octanol–water partition coefficient (Wildman–Crippen LogP) is 0.766. The molecule has 132 valence electrons. The summed E-state index contributed by atoms with van der Waals surface area (Å²) >= 11 is 0. The zero-order chi connectivity index (χ0) is 17.6. The molecular weight excluding hydrogens is 308 g/mol. The van der Waals surface area contributed by atoms with E-state index in [1.807, 2.05) is 0 Å². The Morgan fingerprint density at radius 1 is 1.09 bits per heavy atom. The SMILES string of the molecule is CCC(=O)OC1COC[C@@H](OC(=O)CC)C1C(C)(OC)C(=O)O. The van der Waals surface area contributed by atoms with Crippen molar-refractivity contribution in [3.05, 3.63) is 0 Å². The third-order valence-electron chi connectivity index (χ3n) is 3.99. The Morgan fingerprint density at radius 2 is 1.52 bits per heavy atom. The van der Waals surface area contributed by atoms with Crippen LogP contribution in [0.5, 0.6) is 0 Å². The van der Waals surface area contributed by atoms with Gasteiger partial charge >= 0.3 is 17.9 Å². The van der Waals surface area contributed by atoms with Crippen molar-refractivity contribution in [2.45, 2.75) is 51.4 Å². The summed E-state index contributed by atoms with van der Waals surface area (Å²) in [6.45, 7) is 4.65. The molecule has 8 nitrogen and oxygen atoms in total.